The fourth-order valence-corrected chi connectivity index (χ4v) is 4.01. The Hall–Kier alpha value is -3.93. The van der Waals surface area contributed by atoms with Crippen LogP contribution in [0.2, 0.25) is 5.02 Å². The van der Waals surface area contributed by atoms with Gasteiger partial charge in [0.1, 0.15) is 11.7 Å². The van der Waals surface area contributed by atoms with Crippen LogP contribution in [-0.4, -0.2) is 57.7 Å². The lowest BCUT2D eigenvalue weighted by molar-refractivity contribution is -0.174. The number of H-pyrrole nitrogens is 1. The first-order valence-electron chi connectivity index (χ1n) is 12.6. The quantitative estimate of drug-likeness (QED) is 0.189. The van der Waals surface area contributed by atoms with Gasteiger partial charge in [-0.3, -0.25) is 24.2 Å². The zero-order valence-electron chi connectivity index (χ0n) is 22.4. The fraction of sp³-hybridized carbons (Fsp3) is 0.357. The highest BCUT2D eigenvalue weighted by Crippen LogP contribution is 2.23. The highest BCUT2D eigenvalue weighted by atomic mass is 35.5. The summed E-state index contributed by atoms with van der Waals surface area (Å²) >= 11 is 6.10. The van der Waals surface area contributed by atoms with Crippen molar-refractivity contribution >= 4 is 29.4 Å². The maximum atomic E-state index is 12.8. The van der Waals surface area contributed by atoms with Crippen LogP contribution in [0.15, 0.2) is 59.4 Å². The zero-order chi connectivity index (χ0) is 29.4. The molecule has 1 heterocycles. The molecule has 0 aliphatic carbocycles. The molecule has 11 nitrogen and oxygen atoms in total. The molecule has 3 atom stereocenters. The molecule has 0 fully saturated rings. The number of nitrogens with zero attached hydrogens (tertiary/aromatic N) is 1. The Labute approximate surface area is 236 Å². The molecule has 40 heavy (non-hydrogen) atoms. The number of carbonyl (C=O) groups excluding carboxylic acids is 3. The van der Waals surface area contributed by atoms with Crippen LogP contribution in [0, 0.1) is 5.92 Å². The Balaban J connectivity index is 1.69. The summed E-state index contributed by atoms with van der Waals surface area (Å²) in [6.07, 6.45) is -1.60. The van der Waals surface area contributed by atoms with Gasteiger partial charge in [-0.1, -0.05) is 61.8 Å². The minimum absolute atomic E-state index is 0.0271. The lowest BCUT2D eigenvalue weighted by Gasteiger charge is -2.21. The average molecular weight is 573 g/mol. The van der Waals surface area contributed by atoms with E-state index < -0.39 is 48.4 Å². The van der Waals surface area contributed by atoms with Crippen molar-refractivity contribution in [2.75, 3.05) is 6.79 Å². The number of hydrogen-bond donors (Lipinski definition) is 4. The number of amides is 1. The van der Waals surface area contributed by atoms with Crippen LogP contribution in [-0.2, 0) is 32.5 Å². The molecule has 2 aromatic carbocycles. The summed E-state index contributed by atoms with van der Waals surface area (Å²) in [7, 11) is 1.47. The predicted molar refractivity (Wildman–Crippen MR) is 148 cm³/mol. The number of benzene rings is 2. The van der Waals surface area contributed by atoms with Crippen LogP contribution in [0.5, 0.6) is 0 Å². The van der Waals surface area contributed by atoms with E-state index in [9.17, 15) is 24.3 Å². The maximum Gasteiger partial charge on any atom is 0.337 e. The molecule has 3 rings (SSSR count). The van der Waals surface area contributed by atoms with Gasteiger partial charge in [-0.15, -0.1) is 0 Å². The van der Waals surface area contributed by atoms with Gasteiger partial charge in [-0.2, -0.15) is 0 Å². The molecule has 12 heteroatoms. The van der Waals surface area contributed by atoms with E-state index in [2.05, 4.69) is 10.4 Å². The Kier molecular flexibility index (Phi) is 10.7. The van der Waals surface area contributed by atoms with Crippen molar-refractivity contribution in [3.8, 4) is 11.1 Å². The summed E-state index contributed by atoms with van der Waals surface area (Å²) in [6.45, 7) is 2.78. The Bertz CT molecular complexity index is 1380. The van der Waals surface area contributed by atoms with Crippen molar-refractivity contribution in [2.24, 2.45) is 18.7 Å². The lowest BCUT2D eigenvalue weighted by atomic mass is 9.97. The largest absolute Gasteiger partial charge is 0.427 e. The van der Waals surface area contributed by atoms with E-state index in [1.807, 2.05) is 42.5 Å². The molecule has 0 spiro atoms. The fourth-order valence-electron chi connectivity index (χ4n) is 3.82. The molecule has 0 saturated heterocycles. The number of aryl methyl sites for hydroxylation is 1. The van der Waals surface area contributed by atoms with Crippen LogP contribution >= 0.6 is 11.6 Å². The van der Waals surface area contributed by atoms with Gasteiger partial charge >= 0.3 is 11.9 Å². The smallest absolute Gasteiger partial charge is 0.337 e. The average Bonchev–Trinajstić information content (AvgIpc) is 3.26. The number of aromatic nitrogens is 2. The number of aromatic amines is 1. The molecule has 0 aliphatic heterocycles. The Morgan fingerprint density at radius 3 is 2.33 bits per heavy atom. The molecule has 1 unspecified atom stereocenters. The molecule has 0 saturated carbocycles. The van der Waals surface area contributed by atoms with Crippen LogP contribution in [0.3, 0.4) is 0 Å². The number of nitrogens with one attached hydrogen (secondary N) is 2. The van der Waals surface area contributed by atoms with E-state index in [0.717, 1.165) is 27.4 Å². The third-order valence-electron chi connectivity index (χ3n) is 6.23. The van der Waals surface area contributed by atoms with Crippen molar-refractivity contribution in [1.29, 1.82) is 0 Å². The maximum absolute atomic E-state index is 12.8. The van der Waals surface area contributed by atoms with Gasteiger partial charge in [0.2, 0.25) is 6.79 Å². The Morgan fingerprint density at radius 2 is 1.73 bits per heavy atom. The van der Waals surface area contributed by atoms with E-state index in [0.29, 0.717) is 5.02 Å². The predicted octanol–water partition coefficient (Wildman–Crippen LogP) is 2.15. The summed E-state index contributed by atoms with van der Waals surface area (Å²) in [5.41, 5.74) is 8.01. The van der Waals surface area contributed by atoms with Crippen LogP contribution in [0.4, 0.5) is 0 Å². The summed E-state index contributed by atoms with van der Waals surface area (Å²) in [5, 5.41) is 16.5. The van der Waals surface area contributed by atoms with Crippen LogP contribution < -0.4 is 16.6 Å². The first-order chi connectivity index (χ1) is 18.9. The van der Waals surface area contributed by atoms with Crippen molar-refractivity contribution in [3.63, 3.8) is 0 Å². The Morgan fingerprint density at radius 1 is 1.05 bits per heavy atom. The number of esters is 2. The van der Waals surface area contributed by atoms with Gasteiger partial charge in [-0.05, 0) is 41.2 Å². The summed E-state index contributed by atoms with van der Waals surface area (Å²) in [6, 6.07) is 14.5. The first-order valence-corrected chi connectivity index (χ1v) is 13.0. The molecule has 214 valence electrons. The number of hydrogen-bond acceptors (Lipinski definition) is 8. The van der Waals surface area contributed by atoms with Crippen LogP contribution in [0.1, 0.15) is 36.3 Å². The number of aliphatic hydroxyl groups excluding tert-OH is 1. The summed E-state index contributed by atoms with van der Waals surface area (Å²) < 4.78 is 10.9. The molecule has 1 aromatic heterocycles. The van der Waals surface area contributed by atoms with E-state index >= 15 is 0 Å². The summed E-state index contributed by atoms with van der Waals surface area (Å²) in [5.74, 6) is -2.53. The molecule has 3 aromatic rings. The van der Waals surface area contributed by atoms with E-state index in [1.165, 1.54) is 7.05 Å². The number of rotatable bonds is 12. The van der Waals surface area contributed by atoms with Gasteiger partial charge in [0.25, 0.3) is 11.5 Å². The first kappa shape index (κ1) is 30.6. The number of aliphatic hydroxyl groups is 1. The number of ether oxygens (including phenoxy) is 2. The molecular formula is C28H33ClN4O7. The number of halogens is 1. The van der Waals surface area contributed by atoms with Crippen molar-refractivity contribution < 1.29 is 29.0 Å². The molecular weight excluding hydrogens is 540 g/mol. The lowest BCUT2D eigenvalue weighted by Crippen LogP contribution is -2.41. The monoisotopic (exact) mass is 572 g/mol. The molecule has 5 N–H and O–H groups in total. The van der Waals surface area contributed by atoms with Crippen molar-refractivity contribution in [1.82, 2.24) is 15.1 Å². The summed E-state index contributed by atoms with van der Waals surface area (Å²) in [4.78, 5) is 48.8. The van der Waals surface area contributed by atoms with Gasteiger partial charge < -0.3 is 25.6 Å². The molecule has 0 aliphatic rings. The molecule has 0 radical (unpaired) electrons. The second kappa shape index (κ2) is 13.9. The SMILES string of the molecule is CC(C)[C@H](N)C(=O)OCOC(=O)C(O)C[C@@H](Cc1ccc(-c2cccc(Cl)c2)cc1)NC(=O)c1cc(=O)n(C)[nH]1. The van der Waals surface area contributed by atoms with Crippen molar-refractivity contribution in [2.45, 2.75) is 44.9 Å². The third kappa shape index (κ3) is 8.54. The van der Waals surface area contributed by atoms with Crippen molar-refractivity contribution in [3.05, 3.63) is 81.2 Å². The highest BCUT2D eigenvalue weighted by molar-refractivity contribution is 6.30. The topological polar surface area (TPSA) is 166 Å². The van der Waals surface area contributed by atoms with Crippen LogP contribution in [0.25, 0.3) is 11.1 Å². The molecule has 0 bridgehead atoms. The number of carbonyl (C=O) groups is 3. The standard InChI is InChI=1S/C28H33ClN4O7/c1-16(2)25(30)28(38)40-15-39-27(37)23(34)13-21(31-26(36)22-14-24(35)33(3)32-22)11-17-7-9-18(10-8-17)19-5-4-6-20(29)12-19/h4-10,12,14,16,21,23,25,32,34H,11,13,15,30H2,1-3H3,(H,31,36)/t21-,23?,25+/m1/s1. The normalized spacial score (nSPS) is 13.4. The highest BCUT2D eigenvalue weighted by Gasteiger charge is 2.26. The third-order valence-corrected chi connectivity index (χ3v) is 6.47. The minimum atomic E-state index is -1.64. The second-order valence-corrected chi connectivity index (χ2v) is 10.2. The van der Waals surface area contributed by atoms with Gasteiger partial charge in [0.15, 0.2) is 6.10 Å². The van der Waals surface area contributed by atoms with Gasteiger partial charge in [0, 0.05) is 30.6 Å². The minimum Gasteiger partial charge on any atom is -0.427 e. The molecule has 1 amide bonds. The second-order valence-electron chi connectivity index (χ2n) is 9.71. The van der Waals surface area contributed by atoms with E-state index in [1.54, 1.807) is 19.9 Å². The van der Waals surface area contributed by atoms with E-state index in [4.69, 9.17) is 26.8 Å². The van der Waals surface area contributed by atoms with Gasteiger partial charge in [-0.25, -0.2) is 4.79 Å². The van der Waals surface area contributed by atoms with Gasteiger partial charge in [0.05, 0.1) is 0 Å². The van der Waals surface area contributed by atoms with E-state index in [-0.39, 0.29) is 24.5 Å². The zero-order valence-corrected chi connectivity index (χ0v) is 23.2. The number of nitrogens with two attached hydrogens (primary N) is 1.